The van der Waals surface area contributed by atoms with Crippen LogP contribution in [0.2, 0.25) is 0 Å². The van der Waals surface area contributed by atoms with Crippen LogP contribution in [0.5, 0.6) is 0 Å². The monoisotopic (exact) mass is 242 g/mol. The molecule has 2 aromatic rings. The number of hydrogen-bond donors (Lipinski definition) is 2. The summed E-state index contributed by atoms with van der Waals surface area (Å²) in [6.07, 6.45) is 1.95. The topological polar surface area (TPSA) is 70.7 Å². The van der Waals surface area contributed by atoms with Gasteiger partial charge < -0.3 is 5.32 Å². The van der Waals surface area contributed by atoms with E-state index >= 15 is 0 Å². The standard InChI is InChI=1S/C13H14N4O/c1-8-14-12(17-16-8)13(18)15-11-7-6-9-4-2-3-5-10(9)11/h2-5,11H,6-7H2,1H3,(H,15,18)(H,14,16,17). The first kappa shape index (κ1) is 11.0. The van der Waals surface area contributed by atoms with Gasteiger partial charge in [0.2, 0.25) is 5.82 Å². The predicted octanol–water partition coefficient (Wildman–Crippen LogP) is 1.53. The van der Waals surface area contributed by atoms with Gasteiger partial charge in [0.15, 0.2) is 0 Å². The number of nitrogens with zero attached hydrogens (tertiary/aromatic N) is 2. The van der Waals surface area contributed by atoms with E-state index in [4.69, 9.17) is 0 Å². The number of fused-ring (bicyclic) bond motifs is 1. The lowest BCUT2D eigenvalue weighted by molar-refractivity contribution is 0.0926. The lowest BCUT2D eigenvalue weighted by Crippen LogP contribution is -2.28. The minimum atomic E-state index is -0.221. The van der Waals surface area contributed by atoms with E-state index in [0.717, 1.165) is 12.8 Å². The van der Waals surface area contributed by atoms with Crippen LogP contribution in [0.1, 0.15) is 40.0 Å². The summed E-state index contributed by atoms with van der Waals surface area (Å²) in [7, 11) is 0. The summed E-state index contributed by atoms with van der Waals surface area (Å²) in [4.78, 5) is 16.0. The molecule has 1 aromatic heterocycles. The van der Waals surface area contributed by atoms with Crippen LogP contribution < -0.4 is 5.32 Å². The Morgan fingerprint density at radius 3 is 3.06 bits per heavy atom. The zero-order valence-electron chi connectivity index (χ0n) is 10.1. The number of carbonyl (C=O) groups excluding carboxylic acids is 1. The molecule has 18 heavy (non-hydrogen) atoms. The van der Waals surface area contributed by atoms with Crippen molar-refractivity contribution < 1.29 is 4.79 Å². The van der Waals surface area contributed by atoms with Crippen LogP contribution in [0.15, 0.2) is 24.3 Å². The maximum atomic E-state index is 12.0. The Balaban J connectivity index is 1.77. The number of aryl methyl sites for hydroxylation is 2. The summed E-state index contributed by atoms with van der Waals surface area (Å²) >= 11 is 0. The highest BCUT2D eigenvalue weighted by atomic mass is 16.2. The van der Waals surface area contributed by atoms with E-state index in [2.05, 4.69) is 32.6 Å². The van der Waals surface area contributed by atoms with E-state index in [-0.39, 0.29) is 17.8 Å². The van der Waals surface area contributed by atoms with Crippen LogP contribution in [0, 0.1) is 6.92 Å². The maximum absolute atomic E-state index is 12.0. The number of H-pyrrole nitrogens is 1. The molecule has 92 valence electrons. The number of hydrogen-bond acceptors (Lipinski definition) is 3. The molecule has 1 atom stereocenters. The van der Waals surface area contributed by atoms with Crippen molar-refractivity contribution in [1.29, 1.82) is 0 Å². The minimum absolute atomic E-state index is 0.0764. The molecule has 3 rings (SSSR count). The van der Waals surface area contributed by atoms with Crippen molar-refractivity contribution in [2.75, 3.05) is 0 Å². The van der Waals surface area contributed by atoms with Crippen molar-refractivity contribution in [3.8, 4) is 0 Å². The smallest absolute Gasteiger partial charge is 0.291 e. The van der Waals surface area contributed by atoms with E-state index in [9.17, 15) is 4.79 Å². The van der Waals surface area contributed by atoms with Crippen LogP contribution in [0.3, 0.4) is 0 Å². The average Bonchev–Trinajstić information content (AvgIpc) is 2.97. The molecule has 5 nitrogen and oxygen atoms in total. The molecule has 1 unspecified atom stereocenters. The number of carbonyl (C=O) groups is 1. The summed E-state index contributed by atoms with van der Waals surface area (Å²) in [6.45, 7) is 1.77. The van der Waals surface area contributed by atoms with Gasteiger partial charge in [-0.3, -0.25) is 9.89 Å². The van der Waals surface area contributed by atoms with E-state index in [0.29, 0.717) is 5.82 Å². The molecule has 0 bridgehead atoms. The highest BCUT2D eigenvalue weighted by Crippen LogP contribution is 2.30. The molecule has 0 saturated carbocycles. The van der Waals surface area contributed by atoms with Gasteiger partial charge in [-0.15, -0.1) is 5.10 Å². The molecule has 1 aromatic carbocycles. The highest BCUT2D eigenvalue weighted by molar-refractivity contribution is 5.90. The molecule has 5 heteroatoms. The third-order valence-corrected chi connectivity index (χ3v) is 3.24. The van der Waals surface area contributed by atoms with Gasteiger partial charge in [-0.1, -0.05) is 24.3 Å². The molecule has 0 spiro atoms. The van der Waals surface area contributed by atoms with Gasteiger partial charge in [-0.2, -0.15) is 0 Å². The fourth-order valence-corrected chi connectivity index (χ4v) is 2.37. The molecule has 1 amide bonds. The Labute approximate surface area is 105 Å². The molecule has 0 aliphatic heterocycles. The first-order valence-electron chi connectivity index (χ1n) is 6.02. The van der Waals surface area contributed by atoms with Crippen molar-refractivity contribution in [2.24, 2.45) is 0 Å². The molecule has 0 fully saturated rings. The Bertz CT molecular complexity index is 590. The lowest BCUT2D eigenvalue weighted by atomic mass is 10.1. The Morgan fingerprint density at radius 2 is 2.28 bits per heavy atom. The van der Waals surface area contributed by atoms with Crippen molar-refractivity contribution >= 4 is 5.91 Å². The van der Waals surface area contributed by atoms with Crippen molar-refractivity contribution in [2.45, 2.75) is 25.8 Å². The average molecular weight is 242 g/mol. The number of nitrogens with one attached hydrogen (secondary N) is 2. The molecular formula is C13H14N4O. The quantitative estimate of drug-likeness (QED) is 0.839. The van der Waals surface area contributed by atoms with Crippen LogP contribution >= 0.6 is 0 Å². The molecule has 1 heterocycles. The molecular weight excluding hydrogens is 228 g/mol. The normalized spacial score (nSPS) is 17.5. The van der Waals surface area contributed by atoms with Gasteiger partial charge >= 0.3 is 0 Å². The van der Waals surface area contributed by atoms with Crippen molar-refractivity contribution in [3.05, 3.63) is 47.0 Å². The summed E-state index contributed by atoms with van der Waals surface area (Å²) in [5.41, 5.74) is 2.52. The second-order valence-corrected chi connectivity index (χ2v) is 4.51. The van der Waals surface area contributed by atoms with Crippen molar-refractivity contribution in [3.63, 3.8) is 0 Å². The van der Waals surface area contributed by atoms with Gasteiger partial charge in [0.1, 0.15) is 5.82 Å². The molecule has 2 N–H and O–H groups in total. The molecule has 0 radical (unpaired) electrons. The van der Waals surface area contributed by atoms with Crippen LogP contribution in [0.4, 0.5) is 0 Å². The third kappa shape index (κ3) is 1.88. The van der Waals surface area contributed by atoms with Crippen LogP contribution in [-0.4, -0.2) is 21.1 Å². The number of rotatable bonds is 2. The van der Waals surface area contributed by atoms with E-state index in [1.54, 1.807) is 6.92 Å². The Kier molecular flexibility index (Phi) is 2.59. The summed E-state index contributed by atoms with van der Waals surface area (Å²) in [6, 6.07) is 8.28. The van der Waals surface area contributed by atoms with Gasteiger partial charge in [-0.25, -0.2) is 4.98 Å². The number of aromatic amines is 1. The zero-order valence-corrected chi connectivity index (χ0v) is 10.1. The first-order chi connectivity index (χ1) is 8.74. The second-order valence-electron chi connectivity index (χ2n) is 4.51. The van der Waals surface area contributed by atoms with Crippen LogP contribution in [-0.2, 0) is 6.42 Å². The number of benzene rings is 1. The molecule has 1 aliphatic rings. The number of aromatic nitrogens is 3. The van der Waals surface area contributed by atoms with Crippen molar-refractivity contribution in [1.82, 2.24) is 20.5 Å². The number of amides is 1. The van der Waals surface area contributed by atoms with Crippen LogP contribution in [0.25, 0.3) is 0 Å². The van der Waals surface area contributed by atoms with E-state index in [1.807, 2.05) is 12.1 Å². The minimum Gasteiger partial charge on any atom is -0.342 e. The second kappa shape index (κ2) is 4.25. The Morgan fingerprint density at radius 1 is 1.44 bits per heavy atom. The van der Waals surface area contributed by atoms with Gasteiger partial charge in [0.05, 0.1) is 6.04 Å². The summed E-state index contributed by atoms with van der Waals surface area (Å²) in [5, 5.41) is 9.52. The SMILES string of the molecule is Cc1nc(C(=O)NC2CCc3ccccc32)n[nH]1. The van der Waals surface area contributed by atoms with Gasteiger partial charge in [0, 0.05) is 0 Å². The lowest BCUT2D eigenvalue weighted by Gasteiger charge is -2.12. The maximum Gasteiger partial charge on any atom is 0.291 e. The first-order valence-corrected chi connectivity index (χ1v) is 6.02. The van der Waals surface area contributed by atoms with E-state index in [1.165, 1.54) is 11.1 Å². The summed E-state index contributed by atoms with van der Waals surface area (Å²) in [5.74, 6) is 0.630. The van der Waals surface area contributed by atoms with Gasteiger partial charge in [0.25, 0.3) is 5.91 Å². The fourth-order valence-electron chi connectivity index (χ4n) is 2.37. The summed E-state index contributed by atoms with van der Waals surface area (Å²) < 4.78 is 0. The zero-order chi connectivity index (χ0) is 12.5. The van der Waals surface area contributed by atoms with E-state index < -0.39 is 0 Å². The highest BCUT2D eigenvalue weighted by Gasteiger charge is 2.24. The molecule has 0 saturated heterocycles. The Hall–Kier alpha value is -2.17. The fraction of sp³-hybridized carbons (Fsp3) is 0.308. The van der Waals surface area contributed by atoms with Gasteiger partial charge in [-0.05, 0) is 30.9 Å². The molecule has 1 aliphatic carbocycles. The predicted molar refractivity (Wildman–Crippen MR) is 66.1 cm³/mol. The third-order valence-electron chi connectivity index (χ3n) is 3.24. The largest absolute Gasteiger partial charge is 0.342 e.